The number of nitrogens with one attached hydrogen (secondary N) is 2. The molecule has 27 heavy (non-hydrogen) atoms. The van der Waals surface area contributed by atoms with Crippen molar-refractivity contribution >= 4 is 22.7 Å². The lowest BCUT2D eigenvalue weighted by molar-refractivity contribution is -0.137. The zero-order valence-corrected chi connectivity index (χ0v) is 14.0. The standard InChI is InChI=1S/C18H16F3N3O3/c19-18(20,21)12-6-1-2-7-13(12)22-23-16(25)10-5-11-24-14-8-3-4-9-15(14)27-17(24)26/h1-4,6-9,22H,5,10-11H2,(H,23,25). The Hall–Kier alpha value is -3.23. The van der Waals surface area contributed by atoms with Crippen LogP contribution in [0.5, 0.6) is 0 Å². The molecule has 0 atom stereocenters. The van der Waals surface area contributed by atoms with Gasteiger partial charge in [0.15, 0.2) is 5.58 Å². The van der Waals surface area contributed by atoms with Crippen LogP contribution in [0.3, 0.4) is 0 Å². The van der Waals surface area contributed by atoms with Gasteiger partial charge >= 0.3 is 11.9 Å². The summed E-state index contributed by atoms with van der Waals surface area (Å²) in [5.41, 5.74) is 4.51. The van der Waals surface area contributed by atoms with E-state index < -0.39 is 23.4 Å². The summed E-state index contributed by atoms with van der Waals surface area (Å²) in [7, 11) is 0. The maximum absolute atomic E-state index is 12.9. The molecule has 3 rings (SSSR count). The second-order valence-electron chi connectivity index (χ2n) is 5.81. The van der Waals surface area contributed by atoms with Crippen LogP contribution in [-0.4, -0.2) is 10.5 Å². The van der Waals surface area contributed by atoms with E-state index in [0.29, 0.717) is 17.5 Å². The van der Waals surface area contributed by atoms with E-state index in [2.05, 4.69) is 10.9 Å². The number of rotatable bonds is 6. The molecule has 0 aliphatic rings. The van der Waals surface area contributed by atoms with E-state index in [-0.39, 0.29) is 18.7 Å². The van der Waals surface area contributed by atoms with Gasteiger partial charge in [-0.3, -0.25) is 20.2 Å². The number of benzene rings is 2. The largest absolute Gasteiger partial charge is 0.419 e. The number of para-hydroxylation sites is 3. The van der Waals surface area contributed by atoms with Gasteiger partial charge in [0.05, 0.1) is 16.8 Å². The molecule has 0 fully saturated rings. The number of hydrogen-bond acceptors (Lipinski definition) is 4. The molecule has 0 bridgehead atoms. The Morgan fingerprint density at radius 2 is 1.78 bits per heavy atom. The lowest BCUT2D eigenvalue weighted by Crippen LogP contribution is -2.30. The van der Waals surface area contributed by atoms with Crippen LogP contribution in [0.2, 0.25) is 0 Å². The summed E-state index contributed by atoms with van der Waals surface area (Å²) >= 11 is 0. The van der Waals surface area contributed by atoms with Crippen LogP contribution >= 0.6 is 0 Å². The Bertz CT molecular complexity index is 1010. The highest BCUT2D eigenvalue weighted by molar-refractivity contribution is 5.77. The van der Waals surface area contributed by atoms with Crippen molar-refractivity contribution in [1.29, 1.82) is 0 Å². The summed E-state index contributed by atoms with van der Waals surface area (Å²) in [5, 5.41) is 0. The first-order valence-corrected chi connectivity index (χ1v) is 8.16. The van der Waals surface area contributed by atoms with Crippen molar-refractivity contribution in [1.82, 2.24) is 9.99 Å². The molecule has 142 valence electrons. The van der Waals surface area contributed by atoms with Crippen molar-refractivity contribution in [2.75, 3.05) is 5.43 Å². The molecule has 3 aromatic rings. The third kappa shape index (κ3) is 4.30. The number of hydrazine groups is 1. The Balaban J connectivity index is 1.55. The molecule has 0 radical (unpaired) electrons. The molecule has 0 saturated heterocycles. The fraction of sp³-hybridized carbons (Fsp3) is 0.222. The van der Waals surface area contributed by atoms with E-state index in [1.807, 2.05) is 0 Å². The molecule has 1 heterocycles. The van der Waals surface area contributed by atoms with Crippen LogP contribution < -0.4 is 16.6 Å². The monoisotopic (exact) mass is 379 g/mol. The van der Waals surface area contributed by atoms with Gasteiger partial charge in [-0.1, -0.05) is 24.3 Å². The Morgan fingerprint density at radius 3 is 2.56 bits per heavy atom. The highest BCUT2D eigenvalue weighted by atomic mass is 19.4. The summed E-state index contributed by atoms with van der Waals surface area (Å²) in [6.45, 7) is 0.252. The van der Waals surface area contributed by atoms with Crippen LogP contribution in [0.25, 0.3) is 11.1 Å². The van der Waals surface area contributed by atoms with Gasteiger partial charge in [0, 0.05) is 13.0 Å². The molecule has 2 aromatic carbocycles. The smallest absolute Gasteiger partial charge is 0.408 e. The van der Waals surface area contributed by atoms with Crippen LogP contribution in [0.4, 0.5) is 18.9 Å². The van der Waals surface area contributed by atoms with Gasteiger partial charge in [-0.05, 0) is 30.7 Å². The number of hydrogen-bond donors (Lipinski definition) is 2. The second-order valence-corrected chi connectivity index (χ2v) is 5.81. The van der Waals surface area contributed by atoms with Crippen molar-refractivity contribution in [3.63, 3.8) is 0 Å². The zero-order valence-electron chi connectivity index (χ0n) is 14.0. The summed E-state index contributed by atoms with van der Waals surface area (Å²) < 4.78 is 45.2. The maximum Gasteiger partial charge on any atom is 0.419 e. The van der Waals surface area contributed by atoms with Crippen molar-refractivity contribution in [2.45, 2.75) is 25.6 Å². The van der Waals surface area contributed by atoms with Crippen LogP contribution in [0, 0.1) is 0 Å². The number of amides is 1. The minimum atomic E-state index is -4.53. The quantitative estimate of drug-likeness (QED) is 0.643. The molecule has 0 aliphatic heterocycles. The topological polar surface area (TPSA) is 76.3 Å². The number of aromatic nitrogens is 1. The highest BCUT2D eigenvalue weighted by Gasteiger charge is 2.33. The van der Waals surface area contributed by atoms with E-state index in [9.17, 15) is 22.8 Å². The summed E-state index contributed by atoms with van der Waals surface area (Å²) in [4.78, 5) is 23.7. The second kappa shape index (κ2) is 7.56. The number of nitrogens with zero attached hydrogens (tertiary/aromatic N) is 1. The number of fused-ring (bicyclic) bond motifs is 1. The first-order valence-electron chi connectivity index (χ1n) is 8.16. The lowest BCUT2D eigenvalue weighted by atomic mass is 10.2. The molecule has 0 unspecified atom stereocenters. The number of alkyl halides is 3. The first kappa shape index (κ1) is 18.6. The summed E-state index contributed by atoms with van der Waals surface area (Å²) in [5.74, 6) is -1.01. The summed E-state index contributed by atoms with van der Waals surface area (Å²) in [6.07, 6.45) is -4.19. The fourth-order valence-corrected chi connectivity index (χ4v) is 2.66. The molecule has 1 amide bonds. The molecular formula is C18H16F3N3O3. The van der Waals surface area contributed by atoms with Gasteiger partial charge in [0.25, 0.3) is 0 Å². The zero-order chi connectivity index (χ0) is 19.4. The predicted molar refractivity (Wildman–Crippen MR) is 92.9 cm³/mol. The van der Waals surface area contributed by atoms with Gasteiger partial charge in [-0.15, -0.1) is 0 Å². The van der Waals surface area contributed by atoms with E-state index in [1.54, 1.807) is 24.3 Å². The predicted octanol–water partition coefficient (Wildman–Crippen LogP) is 3.54. The van der Waals surface area contributed by atoms with Gasteiger partial charge in [0.1, 0.15) is 0 Å². The molecule has 0 aliphatic carbocycles. The lowest BCUT2D eigenvalue weighted by Gasteiger charge is -2.14. The van der Waals surface area contributed by atoms with Gasteiger partial charge in [0.2, 0.25) is 5.91 Å². The first-order chi connectivity index (χ1) is 12.9. The third-order valence-corrected chi connectivity index (χ3v) is 3.93. The van der Waals surface area contributed by atoms with Crippen molar-refractivity contribution in [3.8, 4) is 0 Å². The molecule has 0 saturated carbocycles. The number of halogens is 3. The van der Waals surface area contributed by atoms with E-state index in [0.717, 1.165) is 6.07 Å². The van der Waals surface area contributed by atoms with E-state index in [4.69, 9.17) is 4.42 Å². The normalized spacial score (nSPS) is 11.5. The Kier molecular flexibility index (Phi) is 5.20. The molecule has 2 N–H and O–H groups in total. The Labute approximate surface area is 151 Å². The number of anilines is 1. The Morgan fingerprint density at radius 1 is 1.07 bits per heavy atom. The minimum absolute atomic E-state index is 0.0210. The molecule has 9 heteroatoms. The number of carbonyl (C=O) groups is 1. The maximum atomic E-state index is 12.9. The SMILES string of the molecule is O=C(CCCn1c(=O)oc2ccccc21)NNc1ccccc1C(F)(F)F. The van der Waals surface area contributed by atoms with Gasteiger partial charge < -0.3 is 4.42 Å². The molecule has 0 spiro atoms. The number of oxazole rings is 1. The van der Waals surface area contributed by atoms with Crippen LogP contribution in [0.1, 0.15) is 18.4 Å². The fourth-order valence-electron chi connectivity index (χ4n) is 2.66. The van der Waals surface area contributed by atoms with E-state index >= 15 is 0 Å². The average Bonchev–Trinajstić information content (AvgIpc) is 2.95. The molecule has 6 nitrogen and oxygen atoms in total. The summed E-state index contributed by atoms with van der Waals surface area (Å²) in [6, 6.07) is 11.8. The van der Waals surface area contributed by atoms with Gasteiger partial charge in [-0.25, -0.2) is 4.79 Å². The van der Waals surface area contributed by atoms with Gasteiger partial charge in [-0.2, -0.15) is 13.2 Å². The van der Waals surface area contributed by atoms with E-state index in [1.165, 1.54) is 22.8 Å². The van der Waals surface area contributed by atoms with Crippen LogP contribution in [0.15, 0.2) is 57.7 Å². The third-order valence-electron chi connectivity index (χ3n) is 3.93. The van der Waals surface area contributed by atoms with Crippen molar-refractivity contribution < 1.29 is 22.4 Å². The van der Waals surface area contributed by atoms with Crippen LogP contribution in [-0.2, 0) is 17.5 Å². The highest BCUT2D eigenvalue weighted by Crippen LogP contribution is 2.34. The molecular weight excluding hydrogens is 363 g/mol. The van der Waals surface area contributed by atoms with Crippen molar-refractivity contribution in [2.24, 2.45) is 0 Å². The number of carbonyl (C=O) groups excluding carboxylic acids is 1. The van der Waals surface area contributed by atoms with Crippen molar-refractivity contribution in [3.05, 3.63) is 64.6 Å². The average molecular weight is 379 g/mol. The number of aryl methyl sites for hydroxylation is 1. The molecule has 1 aromatic heterocycles. The minimum Gasteiger partial charge on any atom is -0.408 e.